The number of rotatable bonds is 4. The number of hydrogen-bond acceptors (Lipinski definition) is 4. The molecule has 2 bridgehead atoms. The minimum atomic E-state index is -3.46. The van der Waals surface area contributed by atoms with E-state index >= 15 is 0 Å². The SMILES string of the molecule is O=S(=O)(c1ccc2c(c1)CCCC2)N1C2CCC1CC(Oc1ccncc1)C2. The van der Waals surface area contributed by atoms with E-state index in [1.165, 1.54) is 17.5 Å². The van der Waals surface area contributed by atoms with Crippen LogP contribution in [0.4, 0.5) is 0 Å². The first kappa shape index (κ1) is 18.1. The van der Waals surface area contributed by atoms with E-state index in [0.717, 1.165) is 50.7 Å². The van der Waals surface area contributed by atoms with Crippen LogP contribution in [-0.2, 0) is 22.9 Å². The predicted octanol–water partition coefficient (Wildman–Crippen LogP) is 3.72. The van der Waals surface area contributed by atoms with Crippen molar-refractivity contribution in [3.8, 4) is 5.75 Å². The Hall–Kier alpha value is -1.92. The number of ether oxygens (including phenoxy) is 1. The number of aryl methyl sites for hydroxylation is 2. The number of piperidine rings is 1. The van der Waals surface area contributed by atoms with Crippen molar-refractivity contribution >= 4 is 10.0 Å². The fraction of sp³-hybridized carbons (Fsp3) is 0.500. The van der Waals surface area contributed by atoms with E-state index < -0.39 is 10.0 Å². The average Bonchev–Trinajstić information content (AvgIpc) is 3.00. The Morgan fingerprint density at radius 2 is 1.61 bits per heavy atom. The van der Waals surface area contributed by atoms with Gasteiger partial charge in [-0.1, -0.05) is 6.07 Å². The van der Waals surface area contributed by atoms with Gasteiger partial charge in [0.05, 0.1) is 4.90 Å². The van der Waals surface area contributed by atoms with Crippen molar-refractivity contribution in [1.29, 1.82) is 0 Å². The summed E-state index contributed by atoms with van der Waals surface area (Å²) in [6, 6.07) is 9.57. The molecule has 0 amide bonds. The maximum Gasteiger partial charge on any atom is 0.243 e. The molecule has 5 rings (SSSR count). The Kier molecular flexibility index (Phi) is 4.63. The van der Waals surface area contributed by atoms with E-state index in [4.69, 9.17) is 4.74 Å². The predicted molar refractivity (Wildman–Crippen MR) is 107 cm³/mol. The van der Waals surface area contributed by atoms with E-state index in [0.29, 0.717) is 4.90 Å². The molecule has 2 saturated heterocycles. The summed E-state index contributed by atoms with van der Waals surface area (Å²) in [7, 11) is -3.46. The van der Waals surface area contributed by atoms with E-state index in [1.807, 2.05) is 30.3 Å². The van der Waals surface area contributed by atoms with Crippen molar-refractivity contribution in [1.82, 2.24) is 9.29 Å². The highest BCUT2D eigenvalue weighted by Gasteiger charge is 2.48. The molecule has 2 fully saturated rings. The van der Waals surface area contributed by atoms with Gasteiger partial charge in [0.15, 0.2) is 0 Å². The molecule has 28 heavy (non-hydrogen) atoms. The quantitative estimate of drug-likeness (QED) is 0.788. The van der Waals surface area contributed by atoms with Crippen molar-refractivity contribution in [2.45, 2.75) is 74.4 Å². The summed E-state index contributed by atoms with van der Waals surface area (Å²) in [6.45, 7) is 0. The van der Waals surface area contributed by atoms with Crippen molar-refractivity contribution in [3.63, 3.8) is 0 Å². The van der Waals surface area contributed by atoms with Crippen molar-refractivity contribution in [2.75, 3.05) is 0 Å². The van der Waals surface area contributed by atoms with E-state index in [1.54, 1.807) is 16.7 Å². The Morgan fingerprint density at radius 3 is 2.32 bits per heavy atom. The highest BCUT2D eigenvalue weighted by atomic mass is 32.2. The van der Waals surface area contributed by atoms with E-state index in [-0.39, 0.29) is 18.2 Å². The molecule has 6 heteroatoms. The lowest BCUT2D eigenvalue weighted by molar-refractivity contribution is 0.0956. The molecule has 5 nitrogen and oxygen atoms in total. The summed E-state index contributed by atoms with van der Waals surface area (Å²) in [5.41, 5.74) is 2.54. The molecule has 1 aliphatic carbocycles. The van der Waals surface area contributed by atoms with Crippen LogP contribution >= 0.6 is 0 Å². The summed E-state index contributed by atoms with van der Waals surface area (Å²) in [6.07, 6.45) is 11.3. The largest absolute Gasteiger partial charge is 0.490 e. The van der Waals surface area contributed by atoms with Gasteiger partial charge in [-0.15, -0.1) is 0 Å². The molecule has 0 N–H and O–H groups in total. The summed E-state index contributed by atoms with van der Waals surface area (Å²) < 4.78 is 34.9. The topological polar surface area (TPSA) is 59.5 Å². The number of nitrogens with zero attached hydrogens (tertiary/aromatic N) is 2. The number of benzene rings is 1. The number of aromatic nitrogens is 1. The van der Waals surface area contributed by atoms with Gasteiger partial charge in [0, 0.05) is 37.3 Å². The van der Waals surface area contributed by atoms with Gasteiger partial charge in [-0.05, 0) is 73.9 Å². The zero-order chi connectivity index (χ0) is 19.1. The summed E-state index contributed by atoms with van der Waals surface area (Å²) in [4.78, 5) is 4.49. The normalized spacial score (nSPS) is 27.4. The first-order chi connectivity index (χ1) is 13.6. The van der Waals surface area contributed by atoms with Gasteiger partial charge in [-0.2, -0.15) is 4.31 Å². The first-order valence-corrected chi connectivity index (χ1v) is 11.8. The second-order valence-electron chi connectivity index (χ2n) is 8.25. The third-order valence-electron chi connectivity index (χ3n) is 6.47. The lowest BCUT2D eigenvalue weighted by atomic mass is 9.92. The third kappa shape index (κ3) is 3.22. The Labute approximate surface area is 166 Å². The molecule has 0 spiro atoms. The zero-order valence-corrected chi connectivity index (χ0v) is 16.8. The maximum atomic E-state index is 13.5. The van der Waals surface area contributed by atoms with E-state index in [2.05, 4.69) is 4.98 Å². The fourth-order valence-corrected chi connectivity index (χ4v) is 7.12. The monoisotopic (exact) mass is 398 g/mol. The molecule has 2 aromatic rings. The summed E-state index contributed by atoms with van der Waals surface area (Å²) in [5.74, 6) is 0.811. The van der Waals surface area contributed by atoms with Crippen LogP contribution in [0.2, 0.25) is 0 Å². The van der Waals surface area contributed by atoms with Crippen LogP contribution in [0.25, 0.3) is 0 Å². The number of fused-ring (bicyclic) bond motifs is 3. The minimum Gasteiger partial charge on any atom is -0.490 e. The molecule has 2 unspecified atom stereocenters. The van der Waals surface area contributed by atoms with Crippen LogP contribution in [0.15, 0.2) is 47.6 Å². The molecule has 148 valence electrons. The van der Waals surface area contributed by atoms with Crippen molar-refractivity contribution in [2.24, 2.45) is 0 Å². The minimum absolute atomic E-state index is 0.0339. The van der Waals surface area contributed by atoms with Crippen LogP contribution < -0.4 is 4.74 Å². The summed E-state index contributed by atoms with van der Waals surface area (Å²) >= 11 is 0. The second-order valence-corrected chi connectivity index (χ2v) is 10.1. The third-order valence-corrected chi connectivity index (χ3v) is 8.47. The fourth-order valence-electron chi connectivity index (χ4n) is 5.17. The lowest BCUT2D eigenvalue weighted by Crippen LogP contribution is -2.49. The second kappa shape index (κ2) is 7.16. The summed E-state index contributed by atoms with van der Waals surface area (Å²) in [5, 5.41) is 0. The van der Waals surface area contributed by atoms with E-state index in [9.17, 15) is 8.42 Å². The Balaban J connectivity index is 1.37. The van der Waals surface area contributed by atoms with Crippen molar-refractivity contribution < 1.29 is 13.2 Å². The van der Waals surface area contributed by atoms with Crippen LogP contribution in [0.1, 0.15) is 49.7 Å². The van der Waals surface area contributed by atoms with Crippen LogP contribution in [0.3, 0.4) is 0 Å². The van der Waals surface area contributed by atoms with Gasteiger partial charge in [-0.25, -0.2) is 8.42 Å². The Bertz CT molecular complexity index is 947. The maximum absolute atomic E-state index is 13.5. The van der Waals surface area contributed by atoms with Gasteiger partial charge >= 0.3 is 0 Å². The molecule has 1 aromatic heterocycles. The van der Waals surface area contributed by atoms with Crippen LogP contribution in [-0.4, -0.2) is 35.9 Å². The molecular formula is C22H26N2O3S. The first-order valence-electron chi connectivity index (χ1n) is 10.3. The molecule has 2 aliphatic heterocycles. The average molecular weight is 399 g/mol. The highest BCUT2D eigenvalue weighted by molar-refractivity contribution is 7.89. The molecule has 0 saturated carbocycles. The molecular weight excluding hydrogens is 372 g/mol. The molecule has 3 heterocycles. The number of sulfonamides is 1. The van der Waals surface area contributed by atoms with Gasteiger partial charge in [-0.3, -0.25) is 4.98 Å². The number of hydrogen-bond donors (Lipinski definition) is 0. The van der Waals surface area contributed by atoms with Crippen LogP contribution in [0, 0.1) is 0 Å². The Morgan fingerprint density at radius 1 is 0.929 bits per heavy atom. The molecule has 3 aliphatic rings. The number of pyridine rings is 1. The van der Waals surface area contributed by atoms with Gasteiger partial charge in [0.1, 0.15) is 11.9 Å². The standard InChI is InChI=1S/C22H26N2O3S/c25-28(26,22-8-5-16-3-1-2-4-17(16)13-22)24-18-6-7-19(24)15-21(14-18)27-20-9-11-23-12-10-20/h5,8-13,18-19,21H,1-4,6-7,14-15H2. The molecule has 1 aromatic carbocycles. The van der Waals surface area contributed by atoms with Crippen LogP contribution in [0.5, 0.6) is 5.75 Å². The highest BCUT2D eigenvalue weighted by Crippen LogP contribution is 2.41. The van der Waals surface area contributed by atoms with Crippen molar-refractivity contribution in [3.05, 3.63) is 53.9 Å². The molecule has 2 atom stereocenters. The van der Waals surface area contributed by atoms with Gasteiger partial charge in [0.2, 0.25) is 10.0 Å². The smallest absolute Gasteiger partial charge is 0.243 e. The van der Waals surface area contributed by atoms with Gasteiger partial charge < -0.3 is 4.74 Å². The zero-order valence-electron chi connectivity index (χ0n) is 16.0. The van der Waals surface area contributed by atoms with Gasteiger partial charge in [0.25, 0.3) is 0 Å². The lowest BCUT2D eigenvalue weighted by Gasteiger charge is -2.38. The molecule has 0 radical (unpaired) electrons.